The maximum Gasteiger partial charge on any atom is 0.253 e. The highest BCUT2D eigenvalue weighted by molar-refractivity contribution is 7.91. The maximum atomic E-state index is 13.4. The van der Waals surface area contributed by atoms with Crippen molar-refractivity contribution < 1.29 is 22.0 Å². The molecular weight excluding hydrogens is 489 g/mol. The Hall–Kier alpha value is -3.50. The molecule has 180 valence electrons. The van der Waals surface area contributed by atoms with E-state index in [9.17, 15) is 17.6 Å². The molecule has 2 aromatic carbocycles. The Morgan fingerprint density at radius 2 is 1.69 bits per heavy atom. The molecule has 0 spiro atoms. The number of hydrogen-bond acceptors (Lipinski definition) is 7. The number of hydrogen-bond donors (Lipinski definition) is 0. The van der Waals surface area contributed by atoms with Crippen LogP contribution in [0, 0.1) is 12.7 Å². The summed E-state index contributed by atoms with van der Waals surface area (Å²) in [5.41, 5.74) is 1.69. The van der Waals surface area contributed by atoms with Crippen LogP contribution in [-0.4, -0.2) is 50.4 Å². The number of amides is 1. The SMILES string of the molecule is Cc1ccc(C(=O)N2CCN(c3oc(-c4cccs4)nc3S(=O)(=O)c3ccc(F)cc3)CC2)cc1. The lowest BCUT2D eigenvalue weighted by molar-refractivity contribution is 0.0745. The number of aromatic nitrogens is 1. The minimum absolute atomic E-state index is 0.0688. The van der Waals surface area contributed by atoms with Crippen LogP contribution in [0.3, 0.4) is 0 Å². The first-order valence-corrected chi connectivity index (χ1v) is 13.4. The highest BCUT2D eigenvalue weighted by Crippen LogP contribution is 2.36. The van der Waals surface area contributed by atoms with Gasteiger partial charge < -0.3 is 14.2 Å². The van der Waals surface area contributed by atoms with E-state index in [0.29, 0.717) is 36.6 Å². The van der Waals surface area contributed by atoms with Gasteiger partial charge >= 0.3 is 0 Å². The minimum atomic E-state index is -4.07. The summed E-state index contributed by atoms with van der Waals surface area (Å²) in [6.45, 7) is 3.52. The smallest absolute Gasteiger partial charge is 0.253 e. The Morgan fingerprint density at radius 3 is 2.31 bits per heavy atom. The third-order valence-electron chi connectivity index (χ3n) is 5.84. The lowest BCUT2D eigenvalue weighted by Crippen LogP contribution is -2.49. The fourth-order valence-electron chi connectivity index (χ4n) is 3.90. The van der Waals surface area contributed by atoms with Crippen LogP contribution < -0.4 is 4.90 Å². The van der Waals surface area contributed by atoms with Crippen molar-refractivity contribution in [2.45, 2.75) is 16.8 Å². The van der Waals surface area contributed by atoms with Crippen molar-refractivity contribution in [3.63, 3.8) is 0 Å². The van der Waals surface area contributed by atoms with Gasteiger partial charge in [0.1, 0.15) is 5.82 Å². The molecule has 1 amide bonds. The van der Waals surface area contributed by atoms with E-state index in [1.54, 1.807) is 28.0 Å². The van der Waals surface area contributed by atoms with Gasteiger partial charge in [0.2, 0.25) is 26.6 Å². The van der Waals surface area contributed by atoms with Crippen molar-refractivity contribution in [3.05, 3.63) is 83.0 Å². The number of piperazine rings is 1. The van der Waals surface area contributed by atoms with Crippen LogP contribution in [0.1, 0.15) is 15.9 Å². The van der Waals surface area contributed by atoms with Gasteiger partial charge in [0, 0.05) is 31.7 Å². The van der Waals surface area contributed by atoms with Crippen molar-refractivity contribution >= 4 is 33.0 Å². The minimum Gasteiger partial charge on any atom is -0.418 e. The zero-order chi connectivity index (χ0) is 24.6. The summed E-state index contributed by atoms with van der Waals surface area (Å²) in [5, 5.41) is 1.63. The molecule has 0 unspecified atom stereocenters. The molecule has 1 aliphatic heterocycles. The molecule has 4 aromatic rings. The van der Waals surface area contributed by atoms with Crippen molar-refractivity contribution in [1.82, 2.24) is 9.88 Å². The highest BCUT2D eigenvalue weighted by atomic mass is 32.2. The maximum absolute atomic E-state index is 13.4. The van der Waals surface area contributed by atoms with Crippen LogP contribution in [0.25, 0.3) is 10.8 Å². The molecule has 0 saturated carbocycles. The summed E-state index contributed by atoms with van der Waals surface area (Å²) in [4.78, 5) is 21.4. The van der Waals surface area contributed by atoms with Gasteiger partial charge in [0.05, 0.1) is 9.77 Å². The predicted molar refractivity (Wildman–Crippen MR) is 131 cm³/mol. The second kappa shape index (κ2) is 9.27. The van der Waals surface area contributed by atoms with Crippen molar-refractivity contribution in [3.8, 4) is 10.8 Å². The number of rotatable bonds is 5. The molecule has 35 heavy (non-hydrogen) atoms. The Balaban J connectivity index is 1.44. The summed E-state index contributed by atoms with van der Waals surface area (Å²) in [6.07, 6.45) is 0. The molecule has 0 aliphatic carbocycles. The monoisotopic (exact) mass is 511 g/mol. The average Bonchev–Trinajstić information content (AvgIpc) is 3.55. The van der Waals surface area contributed by atoms with Crippen LogP contribution >= 0.6 is 11.3 Å². The molecular formula is C25H22FN3O4S2. The number of carbonyl (C=O) groups is 1. The molecule has 3 heterocycles. The Kier molecular flexibility index (Phi) is 6.16. The van der Waals surface area contributed by atoms with E-state index in [2.05, 4.69) is 4.98 Å². The van der Waals surface area contributed by atoms with E-state index in [1.807, 2.05) is 30.5 Å². The molecule has 0 bridgehead atoms. The fourth-order valence-corrected chi connectivity index (χ4v) is 5.87. The zero-order valence-electron chi connectivity index (χ0n) is 18.8. The predicted octanol–water partition coefficient (Wildman–Crippen LogP) is 4.65. The van der Waals surface area contributed by atoms with E-state index >= 15 is 0 Å². The molecule has 1 fully saturated rings. The number of nitrogens with zero attached hydrogens (tertiary/aromatic N) is 3. The number of carbonyl (C=O) groups excluding carboxylic acids is 1. The Labute approximate surface area is 206 Å². The van der Waals surface area contributed by atoms with Crippen LogP contribution in [0.5, 0.6) is 0 Å². The zero-order valence-corrected chi connectivity index (χ0v) is 20.5. The summed E-state index contributed by atoms with van der Waals surface area (Å²) < 4.78 is 46.3. The Bertz CT molecular complexity index is 1440. The molecule has 10 heteroatoms. The quantitative estimate of drug-likeness (QED) is 0.363. The van der Waals surface area contributed by atoms with E-state index < -0.39 is 15.7 Å². The van der Waals surface area contributed by atoms with E-state index in [0.717, 1.165) is 17.7 Å². The number of anilines is 1. The second-order valence-corrected chi connectivity index (χ2v) is 11.0. The van der Waals surface area contributed by atoms with Gasteiger partial charge in [0.25, 0.3) is 5.91 Å². The van der Waals surface area contributed by atoms with E-state index in [4.69, 9.17) is 4.42 Å². The molecule has 1 saturated heterocycles. The van der Waals surface area contributed by atoms with Crippen LogP contribution in [0.4, 0.5) is 10.3 Å². The van der Waals surface area contributed by atoms with Crippen molar-refractivity contribution in [2.75, 3.05) is 31.1 Å². The van der Waals surface area contributed by atoms with Crippen LogP contribution in [0.2, 0.25) is 0 Å². The molecule has 0 radical (unpaired) electrons. The number of oxazole rings is 1. The van der Waals surface area contributed by atoms with E-state index in [1.165, 1.54) is 23.5 Å². The third kappa shape index (κ3) is 4.59. The number of thiophene rings is 1. The summed E-state index contributed by atoms with van der Waals surface area (Å²) >= 11 is 1.38. The number of halogens is 1. The van der Waals surface area contributed by atoms with Gasteiger partial charge in [-0.1, -0.05) is 23.8 Å². The molecule has 0 atom stereocenters. The van der Waals surface area contributed by atoms with Gasteiger partial charge in [0.15, 0.2) is 0 Å². The van der Waals surface area contributed by atoms with Crippen LogP contribution in [-0.2, 0) is 9.84 Å². The second-order valence-electron chi connectivity index (χ2n) is 8.21. The third-order valence-corrected chi connectivity index (χ3v) is 8.37. The first-order chi connectivity index (χ1) is 16.8. The topological polar surface area (TPSA) is 83.7 Å². The highest BCUT2D eigenvalue weighted by Gasteiger charge is 2.33. The average molecular weight is 512 g/mol. The van der Waals surface area contributed by atoms with Gasteiger partial charge in [-0.3, -0.25) is 4.79 Å². The lowest BCUT2D eigenvalue weighted by atomic mass is 10.1. The van der Waals surface area contributed by atoms with Crippen LogP contribution in [0.15, 0.2) is 80.4 Å². The number of aryl methyl sites for hydroxylation is 1. The first kappa shape index (κ1) is 23.3. The van der Waals surface area contributed by atoms with E-state index in [-0.39, 0.29) is 27.6 Å². The molecule has 1 aliphatic rings. The molecule has 2 aromatic heterocycles. The molecule has 7 nitrogen and oxygen atoms in total. The van der Waals surface area contributed by atoms with Crippen molar-refractivity contribution in [2.24, 2.45) is 0 Å². The summed E-state index contributed by atoms with van der Waals surface area (Å²) in [7, 11) is -4.07. The fraction of sp³-hybridized carbons (Fsp3) is 0.200. The number of sulfone groups is 1. The molecule has 5 rings (SSSR count). The normalized spacial score (nSPS) is 14.3. The van der Waals surface area contributed by atoms with Gasteiger partial charge in [-0.25, -0.2) is 12.8 Å². The standard InChI is InChI=1S/C25H22FN3O4S2/c1-17-4-6-18(7-5-17)24(30)28-12-14-29(15-13-28)25-23(27-22(33-25)21-3-2-16-34-21)35(31,32)20-10-8-19(26)9-11-20/h2-11,16H,12-15H2,1H3. The number of benzene rings is 2. The van der Waals surface area contributed by atoms with Gasteiger partial charge in [-0.15, -0.1) is 11.3 Å². The first-order valence-electron chi connectivity index (χ1n) is 11.0. The van der Waals surface area contributed by atoms with Crippen molar-refractivity contribution in [1.29, 1.82) is 0 Å². The van der Waals surface area contributed by atoms with Gasteiger partial charge in [-0.2, -0.15) is 4.98 Å². The largest absolute Gasteiger partial charge is 0.418 e. The summed E-state index contributed by atoms with van der Waals surface area (Å²) in [6, 6.07) is 15.7. The Morgan fingerprint density at radius 1 is 1.00 bits per heavy atom. The molecule has 0 N–H and O–H groups in total. The summed E-state index contributed by atoms with van der Waals surface area (Å²) in [5.74, 6) is -0.271. The van der Waals surface area contributed by atoms with Gasteiger partial charge in [-0.05, 0) is 54.8 Å². The lowest BCUT2D eigenvalue weighted by Gasteiger charge is -2.34.